The van der Waals surface area contributed by atoms with Crippen molar-refractivity contribution >= 4 is 18.1 Å². The van der Waals surface area contributed by atoms with E-state index < -0.39 is 30.4 Å². The summed E-state index contributed by atoms with van der Waals surface area (Å²) in [6, 6.07) is -0.959. The van der Waals surface area contributed by atoms with Crippen molar-refractivity contribution in [3.63, 3.8) is 0 Å². The second-order valence-corrected chi connectivity index (χ2v) is 4.06. The van der Waals surface area contributed by atoms with E-state index >= 15 is 0 Å². The van der Waals surface area contributed by atoms with Crippen LogP contribution in [0.15, 0.2) is 23.8 Å². The van der Waals surface area contributed by atoms with Crippen molar-refractivity contribution in [2.75, 3.05) is 6.67 Å². The minimum Gasteiger partial charge on any atom is -0.303 e. The first-order valence-electron chi connectivity index (χ1n) is 5.44. The summed E-state index contributed by atoms with van der Waals surface area (Å²) in [6.07, 6.45) is 5.94. The van der Waals surface area contributed by atoms with Gasteiger partial charge in [0.15, 0.2) is 0 Å². The zero-order valence-electron chi connectivity index (χ0n) is 9.14. The molecule has 17 heavy (non-hydrogen) atoms. The van der Waals surface area contributed by atoms with Gasteiger partial charge in [-0.05, 0) is 6.42 Å². The van der Waals surface area contributed by atoms with E-state index in [0.29, 0.717) is 18.3 Å². The lowest BCUT2D eigenvalue weighted by atomic mass is 9.94. The SMILES string of the molecule is O=CC[C@@H](CF)N1C(=O)C2=CC=CCC2C1=O. The lowest BCUT2D eigenvalue weighted by Crippen LogP contribution is -2.42. The molecule has 2 amide bonds. The fraction of sp³-hybridized carbons (Fsp3) is 0.417. The Hall–Kier alpha value is -1.78. The number of imide groups is 1. The molecule has 2 aliphatic rings. The lowest BCUT2D eigenvalue weighted by Gasteiger charge is -2.21. The summed E-state index contributed by atoms with van der Waals surface area (Å²) in [6.45, 7) is -0.885. The fourth-order valence-corrected chi connectivity index (χ4v) is 2.18. The molecule has 1 aliphatic carbocycles. The smallest absolute Gasteiger partial charge is 0.257 e. The number of hydrogen-bond acceptors (Lipinski definition) is 3. The third-order valence-electron chi connectivity index (χ3n) is 3.07. The van der Waals surface area contributed by atoms with Crippen molar-refractivity contribution in [1.29, 1.82) is 0 Å². The molecule has 1 saturated heterocycles. The Kier molecular flexibility index (Phi) is 3.17. The normalized spacial score (nSPS) is 24.6. The number of carbonyl (C=O) groups excluding carboxylic acids is 3. The molecule has 4 nitrogen and oxygen atoms in total. The van der Waals surface area contributed by atoms with Gasteiger partial charge in [0.05, 0.1) is 12.0 Å². The van der Waals surface area contributed by atoms with Gasteiger partial charge in [-0.1, -0.05) is 18.2 Å². The number of aldehydes is 1. The number of halogens is 1. The van der Waals surface area contributed by atoms with Crippen molar-refractivity contribution in [2.45, 2.75) is 18.9 Å². The Balaban J connectivity index is 2.28. The number of allylic oxidation sites excluding steroid dienone is 3. The summed E-state index contributed by atoms with van der Waals surface area (Å²) in [5.74, 6) is -1.35. The van der Waals surface area contributed by atoms with Crippen LogP contribution in [0.3, 0.4) is 0 Å². The van der Waals surface area contributed by atoms with Crippen LogP contribution in [0, 0.1) is 5.92 Å². The van der Waals surface area contributed by atoms with Crippen LogP contribution in [0.25, 0.3) is 0 Å². The quantitative estimate of drug-likeness (QED) is 0.536. The summed E-state index contributed by atoms with van der Waals surface area (Å²) >= 11 is 0. The van der Waals surface area contributed by atoms with Crippen molar-refractivity contribution in [2.24, 2.45) is 5.92 Å². The van der Waals surface area contributed by atoms with Crippen LogP contribution in [-0.4, -0.2) is 35.7 Å². The monoisotopic (exact) mass is 237 g/mol. The molecule has 2 atom stereocenters. The molecule has 1 fully saturated rings. The highest BCUT2D eigenvalue weighted by molar-refractivity contribution is 6.15. The third-order valence-corrected chi connectivity index (χ3v) is 3.07. The summed E-state index contributed by atoms with van der Waals surface area (Å²) in [5.41, 5.74) is 0.404. The van der Waals surface area contributed by atoms with Gasteiger partial charge in [-0.15, -0.1) is 0 Å². The summed E-state index contributed by atoms with van der Waals surface area (Å²) < 4.78 is 12.8. The third kappa shape index (κ3) is 1.81. The highest BCUT2D eigenvalue weighted by Crippen LogP contribution is 2.33. The molecule has 0 aromatic heterocycles. The summed E-state index contributed by atoms with van der Waals surface area (Å²) in [5, 5.41) is 0. The Morgan fingerprint density at radius 1 is 1.53 bits per heavy atom. The second kappa shape index (κ2) is 4.61. The van der Waals surface area contributed by atoms with Gasteiger partial charge >= 0.3 is 0 Å². The first kappa shape index (κ1) is 11.7. The van der Waals surface area contributed by atoms with Gasteiger partial charge in [-0.3, -0.25) is 14.5 Å². The van der Waals surface area contributed by atoms with E-state index in [9.17, 15) is 18.8 Å². The summed E-state index contributed by atoms with van der Waals surface area (Å²) in [7, 11) is 0. The van der Waals surface area contributed by atoms with Gasteiger partial charge in [0.1, 0.15) is 13.0 Å². The van der Waals surface area contributed by atoms with Crippen LogP contribution in [-0.2, 0) is 14.4 Å². The highest BCUT2D eigenvalue weighted by atomic mass is 19.1. The number of alkyl halides is 1. The predicted molar refractivity (Wildman–Crippen MR) is 57.6 cm³/mol. The van der Waals surface area contributed by atoms with E-state index in [1.807, 2.05) is 0 Å². The van der Waals surface area contributed by atoms with Crippen LogP contribution in [0.4, 0.5) is 4.39 Å². The Bertz CT molecular complexity index is 427. The maximum absolute atomic E-state index is 12.8. The Morgan fingerprint density at radius 2 is 2.29 bits per heavy atom. The standard InChI is InChI=1S/C12H12FNO3/c13-7-8(5-6-15)14-11(16)9-3-1-2-4-10(9)12(14)17/h1-3,6,8,10H,4-5,7H2/t8-,10?/m0/s1. The molecule has 0 radical (unpaired) electrons. The number of carbonyl (C=O) groups is 3. The Labute approximate surface area is 97.8 Å². The molecule has 0 saturated carbocycles. The zero-order valence-corrected chi connectivity index (χ0v) is 9.14. The average Bonchev–Trinajstić information content (AvgIpc) is 2.61. The molecule has 1 aliphatic heterocycles. The molecule has 0 aromatic rings. The van der Waals surface area contributed by atoms with Gasteiger partial charge in [0.2, 0.25) is 5.91 Å². The predicted octanol–water partition coefficient (Wildman–Crippen LogP) is 0.785. The first-order chi connectivity index (χ1) is 8.20. The van der Waals surface area contributed by atoms with Gasteiger partial charge in [-0.25, -0.2) is 4.39 Å². The van der Waals surface area contributed by atoms with E-state index in [4.69, 9.17) is 0 Å². The van der Waals surface area contributed by atoms with Crippen LogP contribution in [0.1, 0.15) is 12.8 Å². The molecule has 1 unspecified atom stereocenters. The Morgan fingerprint density at radius 3 is 2.88 bits per heavy atom. The van der Waals surface area contributed by atoms with Gasteiger partial charge in [-0.2, -0.15) is 0 Å². The number of fused-ring (bicyclic) bond motifs is 1. The largest absolute Gasteiger partial charge is 0.303 e. The van der Waals surface area contributed by atoms with Crippen molar-refractivity contribution in [3.8, 4) is 0 Å². The average molecular weight is 237 g/mol. The van der Waals surface area contributed by atoms with Crippen LogP contribution >= 0.6 is 0 Å². The molecule has 0 aromatic carbocycles. The topological polar surface area (TPSA) is 54.5 Å². The van der Waals surface area contributed by atoms with E-state index in [2.05, 4.69) is 0 Å². The lowest BCUT2D eigenvalue weighted by molar-refractivity contribution is -0.142. The number of nitrogens with zero attached hydrogens (tertiary/aromatic N) is 1. The van der Waals surface area contributed by atoms with Crippen LogP contribution < -0.4 is 0 Å². The molecule has 0 bridgehead atoms. The molecule has 0 spiro atoms. The molecule has 2 rings (SSSR count). The molecule has 5 heteroatoms. The van der Waals surface area contributed by atoms with Gasteiger partial charge < -0.3 is 4.79 Å². The molecular weight excluding hydrogens is 225 g/mol. The van der Waals surface area contributed by atoms with Crippen LogP contribution in [0.2, 0.25) is 0 Å². The first-order valence-corrected chi connectivity index (χ1v) is 5.44. The van der Waals surface area contributed by atoms with E-state index in [1.165, 1.54) is 0 Å². The summed E-state index contributed by atoms with van der Waals surface area (Å²) in [4.78, 5) is 35.2. The van der Waals surface area contributed by atoms with Crippen molar-refractivity contribution in [3.05, 3.63) is 23.8 Å². The molecule has 90 valence electrons. The van der Waals surface area contributed by atoms with E-state index in [-0.39, 0.29) is 6.42 Å². The van der Waals surface area contributed by atoms with Crippen LogP contribution in [0.5, 0.6) is 0 Å². The minimum absolute atomic E-state index is 0.151. The minimum atomic E-state index is -0.959. The van der Waals surface area contributed by atoms with Crippen molar-refractivity contribution in [1.82, 2.24) is 4.90 Å². The van der Waals surface area contributed by atoms with Gasteiger partial charge in [0, 0.05) is 12.0 Å². The second-order valence-electron chi connectivity index (χ2n) is 4.06. The fourth-order valence-electron chi connectivity index (χ4n) is 2.18. The maximum Gasteiger partial charge on any atom is 0.257 e. The highest BCUT2D eigenvalue weighted by Gasteiger charge is 2.45. The van der Waals surface area contributed by atoms with Crippen molar-refractivity contribution < 1.29 is 18.8 Å². The zero-order chi connectivity index (χ0) is 12.4. The van der Waals surface area contributed by atoms with E-state index in [0.717, 1.165) is 4.90 Å². The van der Waals surface area contributed by atoms with E-state index in [1.54, 1.807) is 18.2 Å². The maximum atomic E-state index is 12.8. The number of likely N-dealkylation sites (tertiary alicyclic amines) is 1. The molecule has 1 heterocycles. The molecule has 0 N–H and O–H groups in total. The molecular formula is C12H12FNO3. The van der Waals surface area contributed by atoms with Gasteiger partial charge in [0.25, 0.3) is 5.91 Å². The number of amides is 2. The number of rotatable bonds is 4. The number of hydrogen-bond donors (Lipinski definition) is 0.